The molecule has 0 unspecified atom stereocenters. The number of hydrogen-bond donors (Lipinski definition) is 1. The number of hydrogen-bond acceptors (Lipinski definition) is 2. The van der Waals surface area contributed by atoms with Crippen molar-refractivity contribution in [2.24, 2.45) is 0 Å². The van der Waals surface area contributed by atoms with E-state index in [-0.39, 0.29) is 5.75 Å². The fourth-order valence-electron chi connectivity index (χ4n) is 3.47. The van der Waals surface area contributed by atoms with Crippen molar-refractivity contribution in [3.63, 3.8) is 0 Å². The molecule has 0 heterocycles. The smallest absolute Gasteiger partial charge is 0.265 e. The normalized spacial score (nSPS) is 13.3. The van der Waals surface area contributed by atoms with E-state index in [9.17, 15) is 8.42 Å². The first-order valence-electron chi connectivity index (χ1n) is 11.1. The molecular weight excluding hydrogens is 360 g/mol. The summed E-state index contributed by atoms with van der Waals surface area (Å²) < 4.78 is 32.4. The van der Waals surface area contributed by atoms with Crippen LogP contribution in [-0.4, -0.2) is 82.1 Å². The van der Waals surface area contributed by atoms with Crippen LogP contribution in [0.4, 0.5) is 0 Å². The lowest BCUT2D eigenvalue weighted by Gasteiger charge is -2.35. The summed E-state index contributed by atoms with van der Waals surface area (Å²) in [6.07, 6.45) is 14.2. The average Bonchev–Trinajstić information content (AvgIpc) is 2.53. The van der Waals surface area contributed by atoms with Crippen molar-refractivity contribution in [2.75, 3.05) is 60.1 Å². The van der Waals surface area contributed by atoms with Crippen molar-refractivity contribution < 1.29 is 21.9 Å². The molecule has 0 saturated carbocycles. The highest BCUT2D eigenvalue weighted by atomic mass is 32.2. The lowest BCUT2D eigenvalue weighted by atomic mass is 10.1. The minimum absolute atomic E-state index is 0.133. The third-order valence-corrected chi connectivity index (χ3v) is 6.40. The van der Waals surface area contributed by atoms with Gasteiger partial charge in [0.25, 0.3) is 10.1 Å². The molecule has 0 spiro atoms. The Balaban J connectivity index is 3.77. The lowest BCUT2D eigenvalue weighted by Crippen LogP contribution is -2.51. The van der Waals surface area contributed by atoms with Gasteiger partial charge in [-0.25, -0.2) is 0 Å². The van der Waals surface area contributed by atoms with Gasteiger partial charge in [-0.1, -0.05) is 58.3 Å². The summed E-state index contributed by atoms with van der Waals surface area (Å²) in [5.41, 5.74) is 0. The molecule has 6 heteroatoms. The first-order chi connectivity index (χ1) is 12.5. The van der Waals surface area contributed by atoms with Crippen LogP contribution in [0.1, 0.15) is 77.6 Å². The van der Waals surface area contributed by atoms with Gasteiger partial charge in [0.2, 0.25) is 0 Å². The standard InChI is InChI=1S/C21H47N2O3S/c1-6-7-8-9-10-11-12-13-14-15-17-22(2,3)19-20-23(4,5)18-16-21-27(24,25)26/h6-21H2,1-5H3/q+1/p+1. The van der Waals surface area contributed by atoms with Crippen LogP contribution in [0.15, 0.2) is 0 Å². The maximum absolute atomic E-state index is 10.9. The van der Waals surface area contributed by atoms with E-state index < -0.39 is 10.1 Å². The van der Waals surface area contributed by atoms with Crippen LogP contribution in [0.2, 0.25) is 0 Å². The lowest BCUT2D eigenvalue weighted by molar-refractivity contribution is -0.945. The van der Waals surface area contributed by atoms with Crippen molar-refractivity contribution >= 4 is 10.1 Å². The first-order valence-corrected chi connectivity index (χ1v) is 12.7. The fourth-order valence-corrected chi connectivity index (χ4v) is 3.96. The monoisotopic (exact) mass is 408 g/mol. The molecule has 0 saturated heterocycles. The highest BCUT2D eigenvalue weighted by Gasteiger charge is 2.23. The zero-order chi connectivity index (χ0) is 20.8. The summed E-state index contributed by atoms with van der Waals surface area (Å²) in [7, 11) is 5.05. The van der Waals surface area contributed by atoms with E-state index >= 15 is 0 Å². The zero-order valence-corrected chi connectivity index (χ0v) is 19.7. The van der Waals surface area contributed by atoms with Crippen molar-refractivity contribution in [2.45, 2.75) is 77.6 Å². The molecule has 0 fully saturated rings. The number of unbranched alkanes of at least 4 members (excludes halogenated alkanes) is 9. The van der Waals surface area contributed by atoms with Gasteiger partial charge in [-0.2, -0.15) is 8.42 Å². The molecule has 27 heavy (non-hydrogen) atoms. The summed E-state index contributed by atoms with van der Waals surface area (Å²) in [5, 5.41) is 0. The Bertz CT molecular complexity index is 462. The highest BCUT2D eigenvalue weighted by Crippen LogP contribution is 2.12. The number of quaternary nitrogens is 2. The highest BCUT2D eigenvalue weighted by molar-refractivity contribution is 7.85. The van der Waals surface area contributed by atoms with Crippen molar-refractivity contribution in [3.8, 4) is 0 Å². The van der Waals surface area contributed by atoms with Crippen LogP contribution < -0.4 is 0 Å². The van der Waals surface area contributed by atoms with Crippen molar-refractivity contribution in [1.82, 2.24) is 0 Å². The molecule has 0 aliphatic heterocycles. The Kier molecular flexibility index (Phi) is 13.8. The van der Waals surface area contributed by atoms with E-state index in [2.05, 4.69) is 35.1 Å². The van der Waals surface area contributed by atoms with Gasteiger partial charge < -0.3 is 8.97 Å². The van der Waals surface area contributed by atoms with Gasteiger partial charge in [0.1, 0.15) is 13.1 Å². The summed E-state index contributed by atoms with van der Waals surface area (Å²) in [6.45, 7) is 6.37. The summed E-state index contributed by atoms with van der Waals surface area (Å²) in [5.74, 6) is -0.133. The van der Waals surface area contributed by atoms with E-state index in [4.69, 9.17) is 4.55 Å². The third-order valence-electron chi connectivity index (χ3n) is 5.59. The summed E-state index contributed by atoms with van der Waals surface area (Å²) >= 11 is 0. The van der Waals surface area contributed by atoms with Crippen LogP contribution in [0.5, 0.6) is 0 Å². The Labute approximate surface area is 170 Å². The molecule has 0 radical (unpaired) electrons. The van der Waals surface area contributed by atoms with Crippen LogP contribution in [0.25, 0.3) is 0 Å². The molecule has 0 aliphatic carbocycles. The van der Waals surface area contributed by atoms with Crippen LogP contribution in [-0.2, 0) is 10.1 Å². The minimum Gasteiger partial charge on any atom is -0.324 e. The van der Waals surface area contributed by atoms with E-state index in [1.54, 1.807) is 0 Å². The minimum atomic E-state index is -3.83. The Morgan fingerprint density at radius 2 is 0.963 bits per heavy atom. The molecule has 164 valence electrons. The second-order valence-electron chi connectivity index (χ2n) is 9.59. The van der Waals surface area contributed by atoms with Crippen molar-refractivity contribution in [3.05, 3.63) is 0 Å². The topological polar surface area (TPSA) is 54.4 Å². The van der Waals surface area contributed by atoms with E-state index in [0.717, 1.165) is 28.6 Å². The van der Waals surface area contributed by atoms with Crippen LogP contribution in [0.3, 0.4) is 0 Å². The molecule has 1 N–H and O–H groups in total. The Morgan fingerprint density at radius 3 is 1.37 bits per heavy atom. The van der Waals surface area contributed by atoms with Gasteiger partial charge in [-0.3, -0.25) is 4.55 Å². The van der Waals surface area contributed by atoms with Gasteiger partial charge in [0.05, 0.1) is 47.0 Å². The molecule has 0 atom stereocenters. The number of likely N-dealkylation sites (N-methyl/N-ethyl adjacent to an activating group) is 2. The number of rotatable bonds is 18. The molecule has 0 aromatic carbocycles. The van der Waals surface area contributed by atoms with Crippen molar-refractivity contribution in [1.29, 1.82) is 0 Å². The Morgan fingerprint density at radius 1 is 0.593 bits per heavy atom. The second-order valence-corrected chi connectivity index (χ2v) is 11.2. The van der Waals surface area contributed by atoms with E-state index in [0.29, 0.717) is 6.42 Å². The maximum atomic E-state index is 10.9. The largest absolute Gasteiger partial charge is 0.324 e. The summed E-state index contributed by atoms with van der Waals surface area (Å²) in [4.78, 5) is 0. The fraction of sp³-hybridized carbons (Fsp3) is 1.00. The second kappa shape index (κ2) is 13.9. The molecule has 0 aromatic rings. The van der Waals surface area contributed by atoms with Crippen LogP contribution >= 0.6 is 0 Å². The quantitative estimate of drug-likeness (QED) is 0.208. The molecule has 0 bridgehead atoms. The van der Waals surface area contributed by atoms with Gasteiger partial charge >= 0.3 is 0 Å². The molecular formula is C21H48N2O3S+2. The van der Waals surface area contributed by atoms with Gasteiger partial charge in [-0.05, 0) is 12.8 Å². The van der Waals surface area contributed by atoms with E-state index in [1.165, 1.54) is 70.8 Å². The molecule has 0 rings (SSSR count). The number of nitrogens with zero attached hydrogens (tertiary/aromatic N) is 2. The molecule has 0 aliphatic rings. The SMILES string of the molecule is CCCCCCCCCCCC[N+](C)(C)CC[N+](C)(C)CCCS(=O)(=O)O. The maximum Gasteiger partial charge on any atom is 0.265 e. The molecule has 0 amide bonds. The predicted molar refractivity (Wildman–Crippen MR) is 117 cm³/mol. The zero-order valence-electron chi connectivity index (χ0n) is 18.9. The van der Waals surface area contributed by atoms with E-state index in [1.807, 2.05) is 0 Å². The molecule has 5 nitrogen and oxygen atoms in total. The van der Waals surface area contributed by atoms with Gasteiger partial charge in [-0.15, -0.1) is 0 Å². The van der Waals surface area contributed by atoms with Gasteiger partial charge in [0.15, 0.2) is 0 Å². The average molecular weight is 409 g/mol. The Hall–Kier alpha value is -0.170. The molecule has 0 aromatic heterocycles. The van der Waals surface area contributed by atoms with Gasteiger partial charge in [0, 0.05) is 6.42 Å². The van der Waals surface area contributed by atoms with Crippen LogP contribution in [0, 0.1) is 0 Å². The third kappa shape index (κ3) is 18.9. The summed E-state index contributed by atoms with van der Waals surface area (Å²) in [6, 6.07) is 0. The first kappa shape index (κ1) is 26.8. The predicted octanol–water partition coefficient (Wildman–Crippen LogP) is 4.34.